The molecule has 1 aliphatic rings. The number of hydrogen-bond acceptors (Lipinski definition) is 3. The fraction of sp³-hybridized carbons (Fsp3) is 0.333. The summed E-state index contributed by atoms with van der Waals surface area (Å²) < 4.78 is 0. The number of anilines is 1. The van der Waals surface area contributed by atoms with Crippen LogP contribution in [0.25, 0.3) is 0 Å². The van der Waals surface area contributed by atoms with Crippen LogP contribution in [-0.2, 0) is 6.54 Å². The van der Waals surface area contributed by atoms with Crippen molar-refractivity contribution in [3.8, 4) is 0 Å². The molecule has 21 heavy (non-hydrogen) atoms. The average Bonchev–Trinajstić information content (AvgIpc) is 2.52. The molecule has 1 saturated heterocycles. The SMILES string of the molecule is O[C@@H]1CN(Cc2ccccc2)CC[C@H]1Nc1ccccc1. The number of rotatable bonds is 4. The maximum Gasteiger partial charge on any atom is 0.0868 e. The van der Waals surface area contributed by atoms with E-state index in [-0.39, 0.29) is 12.1 Å². The van der Waals surface area contributed by atoms with Crippen molar-refractivity contribution in [2.45, 2.75) is 25.1 Å². The van der Waals surface area contributed by atoms with E-state index in [1.807, 2.05) is 36.4 Å². The Kier molecular flexibility index (Phi) is 4.53. The highest BCUT2D eigenvalue weighted by Crippen LogP contribution is 2.18. The van der Waals surface area contributed by atoms with Crippen molar-refractivity contribution in [2.24, 2.45) is 0 Å². The van der Waals surface area contributed by atoms with Crippen LogP contribution in [0.2, 0.25) is 0 Å². The number of aliphatic hydroxyl groups excluding tert-OH is 1. The summed E-state index contributed by atoms with van der Waals surface area (Å²) in [5.41, 5.74) is 2.39. The van der Waals surface area contributed by atoms with Crippen molar-refractivity contribution in [3.63, 3.8) is 0 Å². The third-order valence-corrected chi connectivity index (χ3v) is 4.04. The van der Waals surface area contributed by atoms with Crippen molar-refractivity contribution >= 4 is 5.69 Å². The Morgan fingerprint density at radius 1 is 1.00 bits per heavy atom. The van der Waals surface area contributed by atoms with E-state index in [9.17, 15) is 5.11 Å². The van der Waals surface area contributed by atoms with Crippen LogP contribution in [-0.4, -0.2) is 35.2 Å². The summed E-state index contributed by atoms with van der Waals surface area (Å²) in [5, 5.41) is 13.8. The van der Waals surface area contributed by atoms with Crippen LogP contribution in [0.15, 0.2) is 60.7 Å². The summed E-state index contributed by atoms with van der Waals surface area (Å²) in [4.78, 5) is 2.32. The minimum Gasteiger partial charge on any atom is -0.390 e. The van der Waals surface area contributed by atoms with E-state index in [0.29, 0.717) is 0 Å². The zero-order valence-corrected chi connectivity index (χ0v) is 12.2. The van der Waals surface area contributed by atoms with Gasteiger partial charge in [-0.25, -0.2) is 0 Å². The van der Waals surface area contributed by atoms with Crippen molar-refractivity contribution in [1.82, 2.24) is 4.90 Å². The van der Waals surface area contributed by atoms with E-state index in [0.717, 1.165) is 31.7 Å². The van der Waals surface area contributed by atoms with Gasteiger partial charge >= 0.3 is 0 Å². The number of hydrogen-bond donors (Lipinski definition) is 2. The summed E-state index contributed by atoms with van der Waals surface area (Å²) >= 11 is 0. The fourth-order valence-electron chi connectivity index (χ4n) is 2.90. The molecule has 0 aliphatic carbocycles. The molecule has 0 radical (unpaired) electrons. The van der Waals surface area contributed by atoms with Gasteiger partial charge in [0.2, 0.25) is 0 Å². The minimum absolute atomic E-state index is 0.138. The molecule has 0 unspecified atom stereocenters. The third-order valence-electron chi connectivity index (χ3n) is 4.04. The van der Waals surface area contributed by atoms with Crippen LogP contribution in [0.4, 0.5) is 5.69 Å². The normalized spacial score (nSPS) is 22.9. The molecule has 2 atom stereocenters. The lowest BCUT2D eigenvalue weighted by Gasteiger charge is -2.36. The summed E-state index contributed by atoms with van der Waals surface area (Å²) in [5.74, 6) is 0. The molecule has 1 aliphatic heterocycles. The average molecular weight is 282 g/mol. The molecule has 110 valence electrons. The number of benzene rings is 2. The van der Waals surface area contributed by atoms with Gasteiger partial charge in [-0.05, 0) is 24.1 Å². The van der Waals surface area contributed by atoms with Crippen LogP contribution < -0.4 is 5.32 Å². The highest BCUT2D eigenvalue weighted by atomic mass is 16.3. The summed E-state index contributed by atoms with van der Waals surface area (Å²) in [6.45, 7) is 2.64. The summed E-state index contributed by atoms with van der Waals surface area (Å²) in [6, 6.07) is 20.7. The van der Waals surface area contributed by atoms with Crippen molar-refractivity contribution in [1.29, 1.82) is 0 Å². The van der Waals surface area contributed by atoms with E-state index in [1.54, 1.807) is 0 Å². The zero-order valence-electron chi connectivity index (χ0n) is 12.2. The van der Waals surface area contributed by atoms with E-state index in [1.165, 1.54) is 5.56 Å². The highest BCUT2D eigenvalue weighted by molar-refractivity contribution is 5.43. The van der Waals surface area contributed by atoms with Crippen LogP contribution >= 0.6 is 0 Å². The van der Waals surface area contributed by atoms with Crippen LogP contribution in [0.5, 0.6) is 0 Å². The molecule has 2 aromatic carbocycles. The van der Waals surface area contributed by atoms with Gasteiger partial charge in [0, 0.05) is 25.3 Å². The van der Waals surface area contributed by atoms with Crippen molar-refractivity contribution < 1.29 is 5.11 Å². The Hall–Kier alpha value is -1.84. The van der Waals surface area contributed by atoms with Crippen molar-refractivity contribution in [2.75, 3.05) is 18.4 Å². The Bertz CT molecular complexity index is 544. The Balaban J connectivity index is 1.54. The first kappa shape index (κ1) is 14.1. The lowest BCUT2D eigenvalue weighted by atomic mass is 10.0. The first-order chi connectivity index (χ1) is 10.3. The number of β-amino-alcohol motifs (C(OH)–C–C–N with tert-alkyl or cyclic N) is 1. The van der Waals surface area contributed by atoms with Gasteiger partial charge in [0.05, 0.1) is 12.1 Å². The molecule has 1 heterocycles. The number of likely N-dealkylation sites (tertiary alicyclic amines) is 1. The number of nitrogens with one attached hydrogen (secondary N) is 1. The number of nitrogens with zero attached hydrogens (tertiary/aromatic N) is 1. The first-order valence-electron chi connectivity index (χ1n) is 7.57. The highest BCUT2D eigenvalue weighted by Gasteiger charge is 2.27. The first-order valence-corrected chi connectivity index (χ1v) is 7.57. The quantitative estimate of drug-likeness (QED) is 0.905. The van der Waals surface area contributed by atoms with Gasteiger partial charge in [-0.3, -0.25) is 4.90 Å². The Morgan fingerprint density at radius 3 is 2.33 bits per heavy atom. The second kappa shape index (κ2) is 6.74. The molecule has 1 fully saturated rings. The van der Waals surface area contributed by atoms with Crippen LogP contribution in [0, 0.1) is 0 Å². The van der Waals surface area contributed by atoms with Gasteiger partial charge in [-0.15, -0.1) is 0 Å². The Labute approximate surface area is 126 Å². The number of para-hydroxylation sites is 1. The smallest absolute Gasteiger partial charge is 0.0868 e. The minimum atomic E-state index is -0.331. The van der Waals surface area contributed by atoms with Gasteiger partial charge in [-0.1, -0.05) is 48.5 Å². The number of piperidine rings is 1. The van der Waals surface area contributed by atoms with E-state index < -0.39 is 0 Å². The Morgan fingerprint density at radius 2 is 1.67 bits per heavy atom. The summed E-state index contributed by atoms with van der Waals surface area (Å²) in [7, 11) is 0. The van der Waals surface area contributed by atoms with Crippen molar-refractivity contribution in [3.05, 3.63) is 66.2 Å². The second-order valence-corrected chi connectivity index (χ2v) is 5.69. The molecule has 2 N–H and O–H groups in total. The molecule has 0 bridgehead atoms. The third kappa shape index (κ3) is 3.84. The lowest BCUT2D eigenvalue weighted by molar-refractivity contribution is 0.0562. The maximum absolute atomic E-state index is 10.4. The van der Waals surface area contributed by atoms with Crippen LogP contribution in [0.3, 0.4) is 0 Å². The van der Waals surface area contributed by atoms with E-state index in [4.69, 9.17) is 0 Å². The molecule has 0 spiro atoms. The van der Waals surface area contributed by atoms with Gasteiger partial charge in [0.1, 0.15) is 0 Å². The molecular formula is C18H22N2O. The number of aliphatic hydroxyl groups is 1. The lowest BCUT2D eigenvalue weighted by Crippen LogP contribution is -2.49. The van der Waals surface area contributed by atoms with Gasteiger partial charge in [-0.2, -0.15) is 0 Å². The second-order valence-electron chi connectivity index (χ2n) is 5.69. The van der Waals surface area contributed by atoms with E-state index >= 15 is 0 Å². The molecule has 0 amide bonds. The van der Waals surface area contributed by atoms with Gasteiger partial charge < -0.3 is 10.4 Å². The standard InChI is InChI=1S/C18H22N2O/c21-18-14-20(13-15-7-3-1-4-8-15)12-11-17(18)19-16-9-5-2-6-10-16/h1-10,17-19,21H,11-14H2/t17-,18-/m1/s1. The predicted octanol–water partition coefficient (Wildman–Crippen LogP) is 2.73. The molecule has 3 rings (SSSR count). The maximum atomic E-state index is 10.4. The summed E-state index contributed by atoms with van der Waals surface area (Å²) in [6.07, 6.45) is 0.630. The predicted molar refractivity (Wildman–Crippen MR) is 86.2 cm³/mol. The molecule has 3 heteroatoms. The molecule has 0 aromatic heterocycles. The molecule has 2 aromatic rings. The zero-order chi connectivity index (χ0) is 14.5. The largest absolute Gasteiger partial charge is 0.390 e. The molecular weight excluding hydrogens is 260 g/mol. The molecule has 0 saturated carbocycles. The fourth-order valence-corrected chi connectivity index (χ4v) is 2.90. The van der Waals surface area contributed by atoms with Crippen LogP contribution in [0.1, 0.15) is 12.0 Å². The molecule has 3 nitrogen and oxygen atoms in total. The van der Waals surface area contributed by atoms with Gasteiger partial charge in [0.15, 0.2) is 0 Å². The van der Waals surface area contributed by atoms with Gasteiger partial charge in [0.25, 0.3) is 0 Å². The monoisotopic (exact) mass is 282 g/mol. The topological polar surface area (TPSA) is 35.5 Å². The van der Waals surface area contributed by atoms with E-state index in [2.05, 4.69) is 34.5 Å².